The van der Waals surface area contributed by atoms with Gasteiger partial charge < -0.3 is 23.8 Å². The Kier molecular flexibility index (Phi) is 13.1. The van der Waals surface area contributed by atoms with Gasteiger partial charge in [0.25, 0.3) is 0 Å². The van der Waals surface area contributed by atoms with Crippen LogP contribution in [0.2, 0.25) is 0 Å². The molecule has 1 aliphatic carbocycles. The number of nitrogens with zero attached hydrogens (tertiary/aromatic N) is 1. The van der Waals surface area contributed by atoms with Crippen molar-refractivity contribution in [3.8, 4) is 11.1 Å². The van der Waals surface area contributed by atoms with Crippen LogP contribution in [0.15, 0.2) is 48.5 Å². The number of amides is 1. The topological polar surface area (TPSA) is 74.3 Å². The van der Waals surface area contributed by atoms with Gasteiger partial charge in [-0.15, -0.1) is 0 Å². The van der Waals surface area contributed by atoms with Gasteiger partial charge in [0.15, 0.2) is 0 Å². The number of fused-ring (bicyclic) bond motifs is 3. The summed E-state index contributed by atoms with van der Waals surface area (Å²) < 4.78 is 21.9. The van der Waals surface area contributed by atoms with E-state index in [-0.39, 0.29) is 24.6 Å². The molecule has 208 valence electrons. The predicted molar refractivity (Wildman–Crippen MR) is 148 cm³/mol. The van der Waals surface area contributed by atoms with E-state index in [0.717, 1.165) is 12.8 Å². The summed E-state index contributed by atoms with van der Waals surface area (Å²) in [5.74, 6) is -0.111. The molecule has 0 aromatic heterocycles. The van der Waals surface area contributed by atoms with Crippen molar-refractivity contribution >= 4 is 12.1 Å². The van der Waals surface area contributed by atoms with Gasteiger partial charge in [-0.25, -0.2) is 4.79 Å². The first-order valence-electron chi connectivity index (χ1n) is 14.0. The number of ether oxygens (including phenoxy) is 4. The molecule has 1 amide bonds. The normalized spacial score (nSPS) is 12.2. The van der Waals surface area contributed by atoms with E-state index in [0.29, 0.717) is 46.0 Å². The van der Waals surface area contributed by atoms with E-state index >= 15 is 0 Å². The minimum Gasteiger partial charge on any atom is -0.463 e. The summed E-state index contributed by atoms with van der Waals surface area (Å²) >= 11 is 0. The summed E-state index contributed by atoms with van der Waals surface area (Å²) in [5.41, 5.74) is 4.80. The van der Waals surface area contributed by atoms with Crippen LogP contribution in [0.5, 0.6) is 0 Å². The monoisotopic (exact) mass is 525 g/mol. The summed E-state index contributed by atoms with van der Waals surface area (Å²) in [6, 6.07) is 16.6. The third-order valence-electron chi connectivity index (χ3n) is 6.82. The first kappa shape index (κ1) is 29.7. The van der Waals surface area contributed by atoms with Crippen molar-refractivity contribution in [1.82, 2.24) is 4.90 Å². The molecular weight excluding hydrogens is 482 g/mol. The van der Waals surface area contributed by atoms with E-state index < -0.39 is 0 Å². The highest BCUT2D eigenvalue weighted by Gasteiger charge is 2.29. The Balaban J connectivity index is 1.20. The van der Waals surface area contributed by atoms with Crippen molar-refractivity contribution in [1.29, 1.82) is 0 Å². The van der Waals surface area contributed by atoms with E-state index in [1.54, 1.807) is 7.05 Å². The van der Waals surface area contributed by atoms with E-state index in [1.807, 2.05) is 24.3 Å². The molecule has 0 radical (unpaired) electrons. The van der Waals surface area contributed by atoms with Gasteiger partial charge in [-0.3, -0.25) is 4.79 Å². The van der Waals surface area contributed by atoms with Crippen molar-refractivity contribution in [2.24, 2.45) is 0 Å². The number of carbonyl (C=O) groups is 2. The Labute approximate surface area is 227 Å². The average Bonchev–Trinajstić information content (AvgIpc) is 3.26. The zero-order chi connectivity index (χ0) is 27.0. The number of unbranched alkanes of at least 4 members (excludes halogenated alkanes) is 5. The Bertz CT molecular complexity index is 948. The number of likely N-dealkylation sites (N-methyl/N-ethyl adjacent to an activating group) is 1. The summed E-state index contributed by atoms with van der Waals surface area (Å²) in [7, 11) is 1.71. The molecule has 0 N–H and O–H groups in total. The molecule has 38 heavy (non-hydrogen) atoms. The molecule has 3 rings (SSSR count). The minimum atomic E-state index is -0.366. The molecule has 0 atom stereocenters. The maximum absolute atomic E-state index is 12.5. The van der Waals surface area contributed by atoms with E-state index in [9.17, 15) is 9.59 Å². The molecule has 0 unspecified atom stereocenters. The molecule has 0 spiro atoms. The van der Waals surface area contributed by atoms with Gasteiger partial charge in [-0.1, -0.05) is 87.6 Å². The van der Waals surface area contributed by atoms with Gasteiger partial charge in [-0.05, 0) is 28.7 Å². The number of benzene rings is 2. The quantitative estimate of drug-likeness (QED) is 0.171. The first-order valence-corrected chi connectivity index (χ1v) is 14.0. The smallest absolute Gasteiger partial charge is 0.409 e. The number of carbonyl (C=O) groups excluding carboxylic acids is 2. The van der Waals surface area contributed by atoms with Crippen LogP contribution in [0.25, 0.3) is 11.1 Å². The number of hydrogen-bond donors (Lipinski definition) is 0. The molecule has 0 aliphatic heterocycles. The van der Waals surface area contributed by atoms with Crippen LogP contribution < -0.4 is 0 Å². The molecule has 0 fully saturated rings. The highest BCUT2D eigenvalue weighted by Crippen LogP contribution is 2.44. The average molecular weight is 526 g/mol. The molecule has 0 heterocycles. The van der Waals surface area contributed by atoms with Crippen LogP contribution >= 0.6 is 0 Å². The third-order valence-corrected chi connectivity index (χ3v) is 6.82. The zero-order valence-electron chi connectivity index (χ0n) is 23.0. The minimum absolute atomic E-state index is 0.0444. The third kappa shape index (κ3) is 9.44. The molecule has 2 aromatic rings. The van der Waals surface area contributed by atoms with Crippen LogP contribution in [0.1, 0.15) is 68.9 Å². The van der Waals surface area contributed by atoms with Crippen LogP contribution in [0.3, 0.4) is 0 Å². The summed E-state index contributed by atoms with van der Waals surface area (Å²) in [6.45, 7) is 4.73. The number of hydrogen-bond acceptors (Lipinski definition) is 6. The van der Waals surface area contributed by atoms with Crippen molar-refractivity contribution in [2.45, 2.75) is 57.8 Å². The van der Waals surface area contributed by atoms with Crippen molar-refractivity contribution in [3.63, 3.8) is 0 Å². The van der Waals surface area contributed by atoms with E-state index in [2.05, 4.69) is 31.2 Å². The zero-order valence-corrected chi connectivity index (χ0v) is 23.0. The van der Waals surface area contributed by atoms with Gasteiger partial charge in [-0.2, -0.15) is 0 Å². The fourth-order valence-electron chi connectivity index (χ4n) is 4.66. The van der Waals surface area contributed by atoms with Crippen molar-refractivity contribution in [2.75, 3.05) is 53.2 Å². The second-order valence-corrected chi connectivity index (χ2v) is 9.69. The van der Waals surface area contributed by atoms with Gasteiger partial charge >= 0.3 is 12.1 Å². The van der Waals surface area contributed by atoms with Gasteiger partial charge in [0.1, 0.15) is 13.2 Å². The second kappa shape index (κ2) is 16.8. The van der Waals surface area contributed by atoms with Crippen LogP contribution in [-0.4, -0.2) is 70.2 Å². The molecule has 0 saturated heterocycles. The van der Waals surface area contributed by atoms with Crippen molar-refractivity contribution in [3.05, 3.63) is 59.7 Å². The SMILES string of the molecule is CCCCCCCCC(=O)OCCOCCOCCN(C)C(=O)OCC1c2ccccc2-c2ccccc21. The molecule has 2 aromatic carbocycles. The van der Waals surface area contributed by atoms with Crippen molar-refractivity contribution < 1.29 is 28.5 Å². The van der Waals surface area contributed by atoms with Crippen LogP contribution in [0, 0.1) is 0 Å². The predicted octanol–water partition coefficient (Wildman–Crippen LogP) is 6.19. The lowest BCUT2D eigenvalue weighted by atomic mass is 9.98. The fourth-order valence-corrected chi connectivity index (χ4v) is 4.66. The largest absolute Gasteiger partial charge is 0.463 e. The first-order chi connectivity index (χ1) is 18.6. The molecule has 0 bridgehead atoms. The fraction of sp³-hybridized carbons (Fsp3) is 0.548. The maximum Gasteiger partial charge on any atom is 0.409 e. The Hall–Kier alpha value is -2.90. The molecule has 7 nitrogen and oxygen atoms in total. The second-order valence-electron chi connectivity index (χ2n) is 9.69. The standard InChI is InChI=1S/C31H43NO6/c1-3-4-5-6-7-8-17-30(33)37-23-22-36-21-20-35-19-18-32(2)31(34)38-24-29-27-15-11-9-13-25(27)26-14-10-12-16-28(26)29/h9-16,29H,3-8,17-24H2,1-2H3. The Morgan fingerprint density at radius 2 is 1.32 bits per heavy atom. The highest BCUT2D eigenvalue weighted by molar-refractivity contribution is 5.79. The lowest BCUT2D eigenvalue weighted by Gasteiger charge is -2.19. The van der Waals surface area contributed by atoms with Gasteiger partial charge in [0, 0.05) is 25.9 Å². The summed E-state index contributed by atoms with van der Waals surface area (Å²) in [6.07, 6.45) is 7.01. The van der Waals surface area contributed by atoms with E-state index in [4.69, 9.17) is 18.9 Å². The lowest BCUT2D eigenvalue weighted by molar-refractivity contribution is -0.145. The van der Waals surface area contributed by atoms with Crippen LogP contribution in [0.4, 0.5) is 4.79 Å². The Morgan fingerprint density at radius 1 is 0.737 bits per heavy atom. The number of rotatable bonds is 18. The van der Waals surface area contributed by atoms with E-state index in [1.165, 1.54) is 52.8 Å². The summed E-state index contributed by atoms with van der Waals surface area (Å²) in [4.78, 5) is 25.8. The van der Waals surface area contributed by atoms with Gasteiger partial charge in [0.05, 0.1) is 26.4 Å². The lowest BCUT2D eigenvalue weighted by Crippen LogP contribution is -2.32. The highest BCUT2D eigenvalue weighted by atomic mass is 16.6. The van der Waals surface area contributed by atoms with Crippen LogP contribution in [-0.2, 0) is 23.7 Å². The molecular formula is C31H43NO6. The molecule has 0 saturated carbocycles. The molecule has 1 aliphatic rings. The maximum atomic E-state index is 12.5. The Morgan fingerprint density at radius 3 is 2.00 bits per heavy atom. The molecule has 7 heteroatoms. The van der Waals surface area contributed by atoms with Gasteiger partial charge in [0.2, 0.25) is 0 Å². The summed E-state index contributed by atoms with van der Waals surface area (Å²) in [5, 5.41) is 0. The number of esters is 1.